The van der Waals surface area contributed by atoms with Gasteiger partial charge in [-0.15, -0.1) is 0 Å². The van der Waals surface area contributed by atoms with Crippen molar-refractivity contribution in [1.82, 2.24) is 0 Å². The summed E-state index contributed by atoms with van der Waals surface area (Å²) in [5, 5.41) is 0. The Morgan fingerprint density at radius 3 is 2.38 bits per heavy atom. The van der Waals surface area contributed by atoms with E-state index in [-0.39, 0.29) is 0 Å². The zero-order chi connectivity index (χ0) is 9.68. The minimum atomic E-state index is -0.419. The lowest BCUT2D eigenvalue weighted by molar-refractivity contribution is -0.120. The molecule has 0 amide bonds. The molecule has 0 saturated carbocycles. The predicted octanol–water partition coefficient (Wildman–Crippen LogP) is 1.01. The Hall–Kier alpha value is -1.84. The van der Waals surface area contributed by atoms with Crippen LogP contribution < -0.4 is 4.74 Å². The molecule has 0 atom stereocenters. The molecule has 0 radical (unpaired) electrons. The molecule has 0 aliphatic heterocycles. The van der Waals surface area contributed by atoms with Crippen LogP contribution in [0, 0.1) is 0 Å². The first-order chi connectivity index (χ1) is 6.27. The normalized spacial score (nSPS) is 9.00. The number of benzene rings is 1. The summed E-state index contributed by atoms with van der Waals surface area (Å²) < 4.78 is 9.03. The van der Waals surface area contributed by atoms with E-state index >= 15 is 0 Å². The largest absolute Gasteiger partial charge is 0.465 e. The lowest BCUT2D eigenvalue weighted by Gasteiger charge is -1.99. The van der Waals surface area contributed by atoms with Gasteiger partial charge in [-0.25, -0.2) is 4.79 Å². The Kier molecular flexibility index (Phi) is 3.03. The minimum absolute atomic E-state index is 0.327. The second kappa shape index (κ2) is 4.25. The minimum Gasteiger partial charge on any atom is -0.465 e. The number of hydrogen-bond donors (Lipinski definition) is 0. The van der Waals surface area contributed by atoms with Gasteiger partial charge < -0.3 is 9.47 Å². The molecule has 0 bridgehead atoms. The van der Waals surface area contributed by atoms with Crippen LogP contribution in [0.5, 0.6) is 5.75 Å². The van der Waals surface area contributed by atoms with Crippen LogP contribution in [0.4, 0.5) is 0 Å². The molecule has 0 unspecified atom stereocenters. The number of carbonyl (C=O) groups excluding carboxylic acids is 2. The standard InChI is InChI=1S/C9H8O4/c1-12-9(11)7-2-4-8(5-3-7)13-6-10/h2-6H,1H3. The monoisotopic (exact) mass is 180 g/mol. The van der Waals surface area contributed by atoms with Gasteiger partial charge in [0, 0.05) is 0 Å². The zero-order valence-corrected chi connectivity index (χ0v) is 7.02. The molecule has 0 fully saturated rings. The third-order valence-electron chi connectivity index (χ3n) is 1.46. The van der Waals surface area contributed by atoms with Crippen LogP contribution >= 0.6 is 0 Å². The molecule has 68 valence electrons. The summed E-state index contributed by atoms with van der Waals surface area (Å²) >= 11 is 0. The quantitative estimate of drug-likeness (QED) is 0.514. The summed E-state index contributed by atoms with van der Waals surface area (Å²) in [6.45, 7) is 0.327. The summed E-state index contributed by atoms with van der Waals surface area (Å²) in [7, 11) is 1.30. The van der Waals surface area contributed by atoms with Crippen molar-refractivity contribution in [3.63, 3.8) is 0 Å². The highest BCUT2D eigenvalue weighted by molar-refractivity contribution is 5.89. The van der Waals surface area contributed by atoms with Gasteiger partial charge in [0.15, 0.2) is 0 Å². The van der Waals surface area contributed by atoms with Crippen LogP contribution in [0.2, 0.25) is 0 Å². The number of hydrogen-bond acceptors (Lipinski definition) is 4. The maximum absolute atomic E-state index is 11.0. The van der Waals surface area contributed by atoms with Crippen molar-refractivity contribution in [1.29, 1.82) is 0 Å². The number of methoxy groups -OCH3 is 1. The van der Waals surface area contributed by atoms with E-state index in [0.717, 1.165) is 0 Å². The third-order valence-corrected chi connectivity index (χ3v) is 1.46. The highest BCUT2D eigenvalue weighted by Gasteiger charge is 2.03. The molecule has 1 rings (SSSR count). The van der Waals surface area contributed by atoms with E-state index in [1.165, 1.54) is 31.4 Å². The second-order valence-corrected chi connectivity index (χ2v) is 2.23. The second-order valence-electron chi connectivity index (χ2n) is 2.23. The Labute approximate surface area is 75.1 Å². The average molecular weight is 180 g/mol. The molecule has 0 heterocycles. The Bertz CT molecular complexity index is 302. The van der Waals surface area contributed by atoms with Crippen molar-refractivity contribution in [2.75, 3.05) is 7.11 Å². The zero-order valence-electron chi connectivity index (χ0n) is 7.02. The van der Waals surface area contributed by atoms with Crippen molar-refractivity contribution < 1.29 is 19.1 Å². The van der Waals surface area contributed by atoms with Gasteiger partial charge in [-0.2, -0.15) is 0 Å². The molecule has 4 heteroatoms. The van der Waals surface area contributed by atoms with Crippen molar-refractivity contribution in [2.24, 2.45) is 0 Å². The summed E-state index contributed by atoms with van der Waals surface area (Å²) in [5.74, 6) is -0.0275. The van der Waals surface area contributed by atoms with Crippen molar-refractivity contribution in [2.45, 2.75) is 0 Å². The molecule has 0 spiro atoms. The first kappa shape index (κ1) is 9.25. The summed E-state index contributed by atoms with van der Waals surface area (Å²) in [4.78, 5) is 20.9. The highest BCUT2D eigenvalue weighted by atomic mass is 16.5. The number of rotatable bonds is 3. The Balaban J connectivity index is 2.80. The van der Waals surface area contributed by atoms with E-state index < -0.39 is 5.97 Å². The molecule has 0 saturated heterocycles. The molecule has 4 nitrogen and oxygen atoms in total. The van der Waals surface area contributed by atoms with E-state index in [1.807, 2.05) is 0 Å². The van der Waals surface area contributed by atoms with Crippen LogP contribution in [0.25, 0.3) is 0 Å². The topological polar surface area (TPSA) is 52.6 Å². The SMILES string of the molecule is COC(=O)c1ccc(OC=O)cc1. The molecule has 1 aromatic rings. The van der Waals surface area contributed by atoms with Crippen LogP contribution in [-0.2, 0) is 9.53 Å². The van der Waals surface area contributed by atoms with Crippen molar-refractivity contribution in [3.8, 4) is 5.75 Å². The van der Waals surface area contributed by atoms with Crippen LogP contribution in [0.3, 0.4) is 0 Å². The molecular weight excluding hydrogens is 172 g/mol. The fourth-order valence-corrected chi connectivity index (χ4v) is 0.843. The molecule has 13 heavy (non-hydrogen) atoms. The number of esters is 1. The van der Waals surface area contributed by atoms with Gasteiger partial charge >= 0.3 is 5.97 Å². The lowest BCUT2D eigenvalue weighted by atomic mass is 10.2. The first-order valence-electron chi connectivity index (χ1n) is 3.56. The van der Waals surface area contributed by atoms with Gasteiger partial charge in [-0.3, -0.25) is 4.79 Å². The Morgan fingerprint density at radius 2 is 1.92 bits per heavy atom. The van der Waals surface area contributed by atoms with Gasteiger partial charge in [0.05, 0.1) is 12.7 Å². The maximum atomic E-state index is 11.0. The number of carbonyl (C=O) groups is 2. The summed E-state index contributed by atoms with van der Waals surface area (Å²) in [6, 6.07) is 6.07. The van der Waals surface area contributed by atoms with Gasteiger partial charge in [0.1, 0.15) is 5.75 Å². The van der Waals surface area contributed by atoms with Gasteiger partial charge in [0.25, 0.3) is 6.47 Å². The van der Waals surface area contributed by atoms with Crippen LogP contribution in [-0.4, -0.2) is 19.6 Å². The third kappa shape index (κ3) is 2.30. The predicted molar refractivity (Wildman–Crippen MR) is 44.5 cm³/mol. The smallest absolute Gasteiger partial charge is 0.337 e. The van der Waals surface area contributed by atoms with E-state index in [0.29, 0.717) is 17.8 Å². The first-order valence-corrected chi connectivity index (χ1v) is 3.56. The molecular formula is C9H8O4. The van der Waals surface area contributed by atoms with E-state index in [9.17, 15) is 9.59 Å². The van der Waals surface area contributed by atoms with E-state index in [2.05, 4.69) is 9.47 Å². The van der Waals surface area contributed by atoms with Gasteiger partial charge in [-0.05, 0) is 24.3 Å². The van der Waals surface area contributed by atoms with Crippen LogP contribution in [0.1, 0.15) is 10.4 Å². The molecule has 0 aliphatic rings. The summed E-state index contributed by atoms with van der Waals surface area (Å²) in [6.07, 6.45) is 0. The average Bonchev–Trinajstić information content (AvgIpc) is 2.18. The summed E-state index contributed by atoms with van der Waals surface area (Å²) in [5.41, 5.74) is 0.417. The maximum Gasteiger partial charge on any atom is 0.337 e. The van der Waals surface area contributed by atoms with Crippen molar-refractivity contribution >= 4 is 12.4 Å². The van der Waals surface area contributed by atoms with E-state index in [4.69, 9.17) is 0 Å². The fraction of sp³-hybridized carbons (Fsp3) is 0.111. The van der Waals surface area contributed by atoms with Gasteiger partial charge in [0.2, 0.25) is 0 Å². The molecule has 0 aliphatic carbocycles. The van der Waals surface area contributed by atoms with Gasteiger partial charge in [-0.1, -0.05) is 0 Å². The van der Waals surface area contributed by atoms with Crippen LogP contribution in [0.15, 0.2) is 24.3 Å². The molecule has 1 aromatic carbocycles. The Morgan fingerprint density at radius 1 is 1.31 bits per heavy atom. The number of ether oxygens (including phenoxy) is 2. The fourth-order valence-electron chi connectivity index (χ4n) is 0.843. The lowest BCUT2D eigenvalue weighted by Crippen LogP contribution is -2.00. The van der Waals surface area contributed by atoms with E-state index in [1.54, 1.807) is 0 Å². The van der Waals surface area contributed by atoms with Crippen molar-refractivity contribution in [3.05, 3.63) is 29.8 Å². The highest BCUT2D eigenvalue weighted by Crippen LogP contribution is 2.11. The molecule has 0 aromatic heterocycles. The molecule has 0 N–H and O–H groups in total.